The van der Waals surface area contributed by atoms with E-state index in [0.717, 1.165) is 5.56 Å². The third kappa shape index (κ3) is 2.94. The number of ether oxygens (including phenoxy) is 2. The van der Waals surface area contributed by atoms with Gasteiger partial charge in [-0.25, -0.2) is 0 Å². The fourth-order valence-electron chi connectivity index (χ4n) is 2.10. The molecule has 0 aromatic heterocycles. The Bertz CT molecular complexity index is 426. The van der Waals surface area contributed by atoms with E-state index in [1.807, 2.05) is 19.9 Å². The van der Waals surface area contributed by atoms with Crippen molar-refractivity contribution in [3.05, 3.63) is 23.8 Å². The molecule has 4 nitrogen and oxygen atoms in total. The Kier molecular flexibility index (Phi) is 3.50. The van der Waals surface area contributed by atoms with E-state index in [9.17, 15) is 10.2 Å². The molecule has 2 rings (SSSR count). The van der Waals surface area contributed by atoms with Gasteiger partial charge < -0.3 is 19.7 Å². The molecule has 0 amide bonds. The van der Waals surface area contributed by atoms with Crippen LogP contribution in [0.5, 0.6) is 11.5 Å². The Hall–Kier alpha value is -1.26. The van der Waals surface area contributed by atoms with Crippen LogP contribution in [0.15, 0.2) is 18.2 Å². The Balaban J connectivity index is 2.20. The molecule has 0 spiro atoms. The van der Waals surface area contributed by atoms with Gasteiger partial charge in [0.2, 0.25) is 0 Å². The number of rotatable bonds is 3. The molecule has 18 heavy (non-hydrogen) atoms. The SMILES string of the molecule is CC(O)COc1ccc2c(c1)OC(C)(C)CC2O. The lowest BCUT2D eigenvalue weighted by Gasteiger charge is -2.35. The van der Waals surface area contributed by atoms with Crippen LogP contribution in [0.3, 0.4) is 0 Å². The van der Waals surface area contributed by atoms with Crippen molar-refractivity contribution in [3.8, 4) is 11.5 Å². The Labute approximate surface area is 107 Å². The molecule has 2 unspecified atom stereocenters. The van der Waals surface area contributed by atoms with E-state index in [0.29, 0.717) is 17.9 Å². The van der Waals surface area contributed by atoms with E-state index >= 15 is 0 Å². The van der Waals surface area contributed by atoms with Gasteiger partial charge in [-0.3, -0.25) is 0 Å². The predicted octanol–water partition coefficient (Wildman–Crippen LogP) is 2.04. The number of benzene rings is 1. The first-order valence-electron chi connectivity index (χ1n) is 6.19. The predicted molar refractivity (Wildman–Crippen MR) is 67.9 cm³/mol. The number of aliphatic hydroxyl groups is 2. The summed E-state index contributed by atoms with van der Waals surface area (Å²) in [5.74, 6) is 1.29. The maximum absolute atomic E-state index is 10.0. The molecule has 1 aliphatic rings. The smallest absolute Gasteiger partial charge is 0.129 e. The fourth-order valence-corrected chi connectivity index (χ4v) is 2.10. The highest BCUT2D eigenvalue weighted by Gasteiger charge is 2.32. The van der Waals surface area contributed by atoms with Gasteiger partial charge in [0.05, 0.1) is 12.2 Å². The Morgan fingerprint density at radius 3 is 2.89 bits per heavy atom. The third-order valence-electron chi connectivity index (χ3n) is 2.91. The fraction of sp³-hybridized carbons (Fsp3) is 0.571. The molecule has 0 aliphatic carbocycles. The molecule has 0 radical (unpaired) electrons. The first kappa shape index (κ1) is 13.2. The lowest BCUT2D eigenvalue weighted by atomic mass is 9.92. The molecule has 2 N–H and O–H groups in total. The lowest BCUT2D eigenvalue weighted by molar-refractivity contribution is 0.0111. The number of fused-ring (bicyclic) bond motifs is 1. The number of hydrogen-bond acceptors (Lipinski definition) is 4. The van der Waals surface area contributed by atoms with Crippen LogP contribution in [0.4, 0.5) is 0 Å². The number of aliphatic hydroxyl groups excluding tert-OH is 2. The molecule has 0 bridgehead atoms. The van der Waals surface area contributed by atoms with Crippen LogP contribution in [-0.2, 0) is 0 Å². The average molecular weight is 252 g/mol. The van der Waals surface area contributed by atoms with E-state index in [2.05, 4.69) is 0 Å². The van der Waals surface area contributed by atoms with E-state index in [1.165, 1.54) is 0 Å². The van der Waals surface area contributed by atoms with Crippen LogP contribution in [0.25, 0.3) is 0 Å². The van der Waals surface area contributed by atoms with Gasteiger partial charge >= 0.3 is 0 Å². The standard InChI is InChI=1S/C14H20O4/c1-9(15)8-17-10-4-5-11-12(16)7-14(2,3)18-13(11)6-10/h4-6,9,12,15-16H,7-8H2,1-3H3. The van der Waals surface area contributed by atoms with Crippen molar-refractivity contribution >= 4 is 0 Å². The quantitative estimate of drug-likeness (QED) is 0.864. The summed E-state index contributed by atoms with van der Waals surface area (Å²) in [5, 5.41) is 19.2. The van der Waals surface area contributed by atoms with E-state index < -0.39 is 12.2 Å². The van der Waals surface area contributed by atoms with Gasteiger partial charge in [0.15, 0.2) is 0 Å². The van der Waals surface area contributed by atoms with Gasteiger partial charge in [0.25, 0.3) is 0 Å². The second-order valence-electron chi connectivity index (χ2n) is 5.44. The molecular formula is C14H20O4. The summed E-state index contributed by atoms with van der Waals surface area (Å²) < 4.78 is 11.3. The van der Waals surface area contributed by atoms with Crippen molar-refractivity contribution in [3.63, 3.8) is 0 Å². The van der Waals surface area contributed by atoms with Gasteiger partial charge in [-0.2, -0.15) is 0 Å². The van der Waals surface area contributed by atoms with Gasteiger partial charge in [0.1, 0.15) is 23.7 Å². The first-order valence-corrected chi connectivity index (χ1v) is 6.19. The Morgan fingerprint density at radius 1 is 1.50 bits per heavy atom. The highest BCUT2D eigenvalue weighted by Crippen LogP contribution is 2.40. The second kappa shape index (κ2) is 4.78. The zero-order chi connectivity index (χ0) is 13.3. The molecule has 0 saturated carbocycles. The summed E-state index contributed by atoms with van der Waals surface area (Å²) in [5.41, 5.74) is 0.411. The summed E-state index contributed by atoms with van der Waals surface area (Å²) in [6.45, 7) is 5.80. The zero-order valence-corrected chi connectivity index (χ0v) is 11.0. The van der Waals surface area contributed by atoms with E-state index in [1.54, 1.807) is 19.1 Å². The van der Waals surface area contributed by atoms with Crippen molar-refractivity contribution in [1.29, 1.82) is 0 Å². The van der Waals surface area contributed by atoms with E-state index in [-0.39, 0.29) is 12.2 Å². The average Bonchev–Trinajstić information content (AvgIpc) is 2.24. The van der Waals surface area contributed by atoms with Crippen molar-refractivity contribution in [2.75, 3.05) is 6.61 Å². The van der Waals surface area contributed by atoms with Crippen LogP contribution in [0.2, 0.25) is 0 Å². The largest absolute Gasteiger partial charge is 0.491 e. The minimum absolute atomic E-state index is 0.241. The maximum Gasteiger partial charge on any atom is 0.129 e. The summed E-state index contributed by atoms with van der Waals surface area (Å²) in [4.78, 5) is 0. The van der Waals surface area contributed by atoms with Crippen molar-refractivity contribution in [1.82, 2.24) is 0 Å². The van der Waals surface area contributed by atoms with Gasteiger partial charge in [-0.15, -0.1) is 0 Å². The zero-order valence-electron chi connectivity index (χ0n) is 11.0. The third-order valence-corrected chi connectivity index (χ3v) is 2.91. The van der Waals surface area contributed by atoms with Crippen LogP contribution < -0.4 is 9.47 Å². The normalized spacial score (nSPS) is 22.8. The molecule has 2 atom stereocenters. The lowest BCUT2D eigenvalue weighted by Crippen LogP contribution is -2.34. The van der Waals surface area contributed by atoms with Gasteiger partial charge in [-0.05, 0) is 32.9 Å². The van der Waals surface area contributed by atoms with Crippen LogP contribution in [0, 0.1) is 0 Å². The summed E-state index contributed by atoms with van der Waals surface area (Å²) in [6, 6.07) is 5.36. The highest BCUT2D eigenvalue weighted by atomic mass is 16.5. The van der Waals surface area contributed by atoms with Gasteiger partial charge in [0, 0.05) is 18.1 Å². The van der Waals surface area contributed by atoms with Crippen molar-refractivity contribution in [2.45, 2.75) is 45.0 Å². The van der Waals surface area contributed by atoms with Gasteiger partial charge in [-0.1, -0.05) is 0 Å². The summed E-state index contributed by atoms with van der Waals surface area (Å²) in [7, 11) is 0. The van der Waals surface area contributed by atoms with Crippen molar-refractivity contribution < 1.29 is 19.7 Å². The Morgan fingerprint density at radius 2 is 2.22 bits per heavy atom. The van der Waals surface area contributed by atoms with Crippen LogP contribution in [0.1, 0.15) is 38.9 Å². The minimum atomic E-state index is -0.510. The maximum atomic E-state index is 10.0. The highest BCUT2D eigenvalue weighted by molar-refractivity contribution is 5.43. The first-order chi connectivity index (χ1) is 8.37. The monoisotopic (exact) mass is 252 g/mol. The number of hydrogen-bond donors (Lipinski definition) is 2. The second-order valence-corrected chi connectivity index (χ2v) is 5.44. The molecule has 4 heteroatoms. The van der Waals surface area contributed by atoms with Crippen LogP contribution in [-0.4, -0.2) is 28.5 Å². The molecule has 1 aliphatic heterocycles. The molecular weight excluding hydrogens is 232 g/mol. The minimum Gasteiger partial charge on any atom is -0.491 e. The molecule has 0 fully saturated rings. The molecule has 0 saturated heterocycles. The topological polar surface area (TPSA) is 58.9 Å². The molecule has 1 heterocycles. The molecule has 1 aromatic carbocycles. The molecule has 100 valence electrons. The van der Waals surface area contributed by atoms with Crippen LogP contribution >= 0.6 is 0 Å². The summed E-state index contributed by atoms with van der Waals surface area (Å²) >= 11 is 0. The van der Waals surface area contributed by atoms with E-state index in [4.69, 9.17) is 9.47 Å². The molecule has 1 aromatic rings. The van der Waals surface area contributed by atoms with Crippen molar-refractivity contribution in [2.24, 2.45) is 0 Å². The summed E-state index contributed by atoms with van der Waals surface area (Å²) in [6.07, 6.45) is -0.438.